The van der Waals surface area contributed by atoms with Crippen molar-refractivity contribution in [2.24, 2.45) is 0 Å². The molecule has 50 heavy (non-hydrogen) atoms. The second-order valence-corrected chi connectivity index (χ2v) is 14.5. The number of esters is 2. The predicted molar refractivity (Wildman–Crippen MR) is 207 cm³/mol. The molecule has 9 heteroatoms. The topological polar surface area (TPSA) is 119 Å². The van der Waals surface area contributed by atoms with Gasteiger partial charge >= 0.3 is 19.8 Å². The number of ether oxygens (including phenoxy) is 2. The Hall–Kier alpha value is -1.99. The van der Waals surface area contributed by atoms with Gasteiger partial charge in [-0.1, -0.05) is 146 Å². The van der Waals surface area contributed by atoms with Crippen LogP contribution in [0.1, 0.15) is 181 Å². The van der Waals surface area contributed by atoms with E-state index in [1.165, 1.54) is 64.2 Å². The van der Waals surface area contributed by atoms with Crippen LogP contribution in [0, 0.1) is 0 Å². The fourth-order valence-electron chi connectivity index (χ4n) is 5.38. The first-order valence-electron chi connectivity index (χ1n) is 19.9. The van der Waals surface area contributed by atoms with Crippen molar-refractivity contribution in [3.63, 3.8) is 0 Å². The Kier molecular flexibility index (Phi) is 35.3. The minimum Gasteiger partial charge on any atom is -0.462 e. The fourth-order valence-corrected chi connectivity index (χ4v) is 5.74. The maximum Gasteiger partial charge on any atom is 0.469 e. The molecular formula is C41H73O8P. The molecular weight excluding hydrogens is 651 g/mol. The molecule has 0 saturated carbocycles. The number of rotatable bonds is 36. The van der Waals surface area contributed by atoms with E-state index in [1.54, 1.807) is 0 Å². The minimum atomic E-state index is -4.76. The van der Waals surface area contributed by atoms with E-state index in [0.717, 1.165) is 77.0 Å². The lowest BCUT2D eigenvalue weighted by Crippen LogP contribution is -2.29. The molecule has 0 fully saturated rings. The molecule has 0 aliphatic rings. The van der Waals surface area contributed by atoms with Gasteiger partial charge in [-0.15, -0.1) is 0 Å². The van der Waals surface area contributed by atoms with Gasteiger partial charge < -0.3 is 19.3 Å². The highest BCUT2D eigenvalue weighted by molar-refractivity contribution is 7.46. The Morgan fingerprint density at radius 3 is 1.46 bits per heavy atom. The van der Waals surface area contributed by atoms with Crippen LogP contribution in [-0.4, -0.2) is 41.0 Å². The molecule has 2 N–H and O–H groups in total. The number of phosphoric ester groups is 1. The van der Waals surface area contributed by atoms with Crippen LogP contribution in [0.3, 0.4) is 0 Å². The third kappa shape index (κ3) is 38.8. The number of phosphoric acid groups is 1. The SMILES string of the molecule is CC/C=C\C/C=C\C/C=C\CCCCCCCC(=O)OC(COC(=O)CCCCCCCCC/C=C\CCCCCCCC)COP(=O)(O)O. The zero-order valence-electron chi connectivity index (χ0n) is 31.8. The number of carbonyl (C=O) groups is 2. The quantitative estimate of drug-likeness (QED) is 0.0284. The molecule has 0 aromatic heterocycles. The van der Waals surface area contributed by atoms with E-state index in [-0.39, 0.29) is 19.4 Å². The molecule has 0 aliphatic heterocycles. The first-order chi connectivity index (χ1) is 24.3. The van der Waals surface area contributed by atoms with Crippen LogP contribution in [0.25, 0.3) is 0 Å². The average Bonchev–Trinajstić information content (AvgIpc) is 3.08. The van der Waals surface area contributed by atoms with Crippen LogP contribution in [0.5, 0.6) is 0 Å². The van der Waals surface area contributed by atoms with Crippen molar-refractivity contribution in [1.82, 2.24) is 0 Å². The van der Waals surface area contributed by atoms with Crippen LogP contribution < -0.4 is 0 Å². The Labute approximate surface area is 305 Å². The first-order valence-corrected chi connectivity index (χ1v) is 21.5. The van der Waals surface area contributed by atoms with Gasteiger partial charge in [0.25, 0.3) is 0 Å². The van der Waals surface area contributed by atoms with Crippen molar-refractivity contribution >= 4 is 19.8 Å². The highest BCUT2D eigenvalue weighted by atomic mass is 31.2. The van der Waals surface area contributed by atoms with Gasteiger partial charge in [-0.2, -0.15) is 0 Å². The average molecular weight is 725 g/mol. The van der Waals surface area contributed by atoms with E-state index in [0.29, 0.717) is 12.8 Å². The Balaban J connectivity index is 3.97. The maximum absolute atomic E-state index is 12.4. The van der Waals surface area contributed by atoms with Crippen molar-refractivity contribution in [3.8, 4) is 0 Å². The largest absolute Gasteiger partial charge is 0.469 e. The molecule has 0 radical (unpaired) electrons. The summed E-state index contributed by atoms with van der Waals surface area (Å²) in [6.45, 7) is 3.55. The summed E-state index contributed by atoms with van der Waals surface area (Å²) in [5.41, 5.74) is 0. The minimum absolute atomic E-state index is 0.190. The molecule has 0 rings (SSSR count). The molecule has 0 aromatic rings. The summed E-state index contributed by atoms with van der Waals surface area (Å²) in [5, 5.41) is 0. The standard InChI is InChI=1S/C41H73O8P/c1-3-5-7-9-11-13-15-17-19-20-22-23-25-27-29-31-33-35-40(42)47-37-39(38-48-50(44,45)46)49-41(43)36-34-32-30-28-26-24-21-18-16-14-12-10-8-6-4-2/h6,8,12,14,17-19,21,39H,3-5,7,9-11,13,15-16,20,22-38H2,1-2H3,(H2,44,45,46)/b8-6-,14-12-,19-17-,21-18-. The lowest BCUT2D eigenvalue weighted by molar-refractivity contribution is -0.161. The normalized spacial score (nSPS) is 13.0. The second-order valence-electron chi connectivity index (χ2n) is 13.2. The van der Waals surface area contributed by atoms with Gasteiger partial charge in [0.1, 0.15) is 6.61 Å². The summed E-state index contributed by atoms with van der Waals surface area (Å²) < 4.78 is 26.3. The van der Waals surface area contributed by atoms with Gasteiger partial charge in [0.2, 0.25) is 0 Å². The van der Waals surface area contributed by atoms with Crippen molar-refractivity contribution < 1.29 is 37.9 Å². The summed E-state index contributed by atoms with van der Waals surface area (Å²) >= 11 is 0. The van der Waals surface area contributed by atoms with Crippen molar-refractivity contribution in [1.29, 1.82) is 0 Å². The molecule has 0 heterocycles. The lowest BCUT2D eigenvalue weighted by Gasteiger charge is -2.18. The highest BCUT2D eigenvalue weighted by Gasteiger charge is 2.22. The van der Waals surface area contributed by atoms with E-state index in [4.69, 9.17) is 19.3 Å². The number of hydrogen-bond donors (Lipinski definition) is 2. The van der Waals surface area contributed by atoms with Crippen LogP contribution in [0.4, 0.5) is 0 Å². The summed E-state index contributed by atoms with van der Waals surface area (Å²) in [5.74, 6) is -0.910. The molecule has 0 saturated heterocycles. The molecule has 8 nitrogen and oxygen atoms in total. The third-order valence-corrected chi connectivity index (χ3v) is 8.82. The molecule has 0 amide bonds. The predicted octanol–water partition coefficient (Wildman–Crippen LogP) is 12.0. The van der Waals surface area contributed by atoms with E-state index in [1.807, 2.05) is 0 Å². The Morgan fingerprint density at radius 1 is 0.540 bits per heavy atom. The van der Waals surface area contributed by atoms with Gasteiger partial charge in [-0.05, 0) is 70.6 Å². The molecule has 290 valence electrons. The summed E-state index contributed by atoms with van der Waals surface area (Å²) in [6, 6.07) is 0. The van der Waals surface area contributed by atoms with Crippen LogP contribution in [0.2, 0.25) is 0 Å². The summed E-state index contributed by atoms with van der Waals surface area (Å²) in [7, 11) is -4.76. The van der Waals surface area contributed by atoms with Crippen molar-refractivity contribution in [2.45, 2.75) is 187 Å². The smallest absolute Gasteiger partial charge is 0.462 e. The lowest BCUT2D eigenvalue weighted by atomic mass is 10.1. The zero-order valence-corrected chi connectivity index (χ0v) is 32.7. The first kappa shape index (κ1) is 48.0. The summed E-state index contributed by atoms with van der Waals surface area (Å²) in [4.78, 5) is 42.8. The number of carbonyl (C=O) groups excluding carboxylic acids is 2. The van der Waals surface area contributed by atoms with Gasteiger partial charge in [0, 0.05) is 12.8 Å². The number of unbranched alkanes of at least 4 members (excludes halogenated alkanes) is 18. The second kappa shape index (κ2) is 36.8. The Bertz CT molecular complexity index is 952. The highest BCUT2D eigenvalue weighted by Crippen LogP contribution is 2.36. The van der Waals surface area contributed by atoms with Crippen LogP contribution in [0.15, 0.2) is 48.6 Å². The van der Waals surface area contributed by atoms with Gasteiger partial charge in [-0.25, -0.2) is 4.57 Å². The van der Waals surface area contributed by atoms with Crippen LogP contribution in [-0.2, 0) is 28.2 Å². The van der Waals surface area contributed by atoms with Crippen molar-refractivity contribution in [2.75, 3.05) is 13.2 Å². The monoisotopic (exact) mass is 725 g/mol. The molecule has 0 bridgehead atoms. The number of hydrogen-bond acceptors (Lipinski definition) is 6. The van der Waals surface area contributed by atoms with Crippen molar-refractivity contribution in [3.05, 3.63) is 48.6 Å². The molecule has 1 unspecified atom stereocenters. The Morgan fingerprint density at radius 2 is 0.960 bits per heavy atom. The van der Waals surface area contributed by atoms with E-state index in [2.05, 4.69) is 67.0 Å². The number of allylic oxidation sites excluding steroid dienone is 8. The summed E-state index contributed by atoms with van der Waals surface area (Å²) in [6.07, 6.45) is 44.0. The molecule has 0 aliphatic carbocycles. The van der Waals surface area contributed by atoms with E-state index < -0.39 is 32.5 Å². The van der Waals surface area contributed by atoms with Gasteiger partial charge in [0.15, 0.2) is 6.10 Å². The van der Waals surface area contributed by atoms with E-state index >= 15 is 0 Å². The maximum atomic E-state index is 12.4. The van der Waals surface area contributed by atoms with Crippen LogP contribution >= 0.6 is 7.82 Å². The zero-order chi connectivity index (χ0) is 36.8. The third-order valence-electron chi connectivity index (χ3n) is 8.33. The molecule has 0 aromatic carbocycles. The molecule has 0 spiro atoms. The van der Waals surface area contributed by atoms with E-state index in [9.17, 15) is 14.2 Å². The van der Waals surface area contributed by atoms with Gasteiger partial charge in [-0.3, -0.25) is 14.1 Å². The molecule has 1 atom stereocenters. The fraction of sp³-hybridized carbons (Fsp3) is 0.756. The van der Waals surface area contributed by atoms with Gasteiger partial charge in [0.05, 0.1) is 6.61 Å².